The highest BCUT2D eigenvalue weighted by Gasteiger charge is 2.07. The van der Waals surface area contributed by atoms with E-state index < -0.39 is 6.09 Å². The Hall–Kier alpha value is -1.21. The molecule has 0 bridgehead atoms. The molecule has 0 aliphatic rings. The van der Waals surface area contributed by atoms with Gasteiger partial charge in [-0.15, -0.1) is 11.3 Å². The predicted octanol–water partition coefficient (Wildman–Crippen LogP) is 1.97. The lowest BCUT2D eigenvalue weighted by atomic mass is 10.5. The van der Waals surface area contributed by atoms with E-state index in [2.05, 4.69) is 15.6 Å². The van der Waals surface area contributed by atoms with Crippen LogP contribution in [0.25, 0.3) is 0 Å². The number of nitrogens with zero attached hydrogens (tertiary/aromatic N) is 1. The van der Waals surface area contributed by atoms with Crippen LogP contribution in [0.2, 0.25) is 0 Å². The Labute approximate surface area is 96.8 Å². The molecule has 0 fully saturated rings. The summed E-state index contributed by atoms with van der Waals surface area (Å²) in [6.45, 7) is 3.52. The number of hydrogen-bond acceptors (Lipinski definition) is 5. The van der Waals surface area contributed by atoms with Crippen molar-refractivity contribution in [3.63, 3.8) is 0 Å². The Morgan fingerprint density at radius 2 is 2.40 bits per heavy atom. The summed E-state index contributed by atoms with van der Waals surface area (Å²) in [5, 5.41) is 7.74. The molecule has 7 heteroatoms. The standard InChI is InChI=1S/C8H11N3O2S2/c1-5(2)13-8(12)11-6(14)10-7-9-3-4-15-7/h3-5H,1-2H3,(H2,9,10,11,12,14). The maximum atomic E-state index is 11.1. The summed E-state index contributed by atoms with van der Waals surface area (Å²) < 4.78 is 4.85. The van der Waals surface area contributed by atoms with E-state index >= 15 is 0 Å². The Morgan fingerprint density at radius 1 is 1.67 bits per heavy atom. The van der Waals surface area contributed by atoms with Crippen LogP contribution >= 0.6 is 23.6 Å². The summed E-state index contributed by atoms with van der Waals surface area (Å²) >= 11 is 6.27. The summed E-state index contributed by atoms with van der Waals surface area (Å²) in [5.41, 5.74) is 0. The molecule has 0 unspecified atom stereocenters. The lowest BCUT2D eigenvalue weighted by Crippen LogP contribution is -2.35. The third-order valence-corrected chi connectivity index (χ3v) is 2.10. The highest BCUT2D eigenvalue weighted by atomic mass is 32.1. The fourth-order valence-electron chi connectivity index (χ4n) is 0.750. The minimum atomic E-state index is -0.570. The van der Waals surface area contributed by atoms with Crippen LogP contribution in [0.1, 0.15) is 13.8 Å². The van der Waals surface area contributed by atoms with Gasteiger partial charge in [-0.1, -0.05) is 0 Å². The average molecular weight is 245 g/mol. The van der Waals surface area contributed by atoms with Gasteiger partial charge in [-0.05, 0) is 26.1 Å². The molecule has 0 saturated heterocycles. The number of anilines is 1. The first-order valence-electron chi connectivity index (χ1n) is 4.26. The SMILES string of the molecule is CC(C)OC(=O)NC(=S)Nc1nccs1. The van der Waals surface area contributed by atoms with Crippen molar-refractivity contribution < 1.29 is 9.53 Å². The van der Waals surface area contributed by atoms with Gasteiger partial charge < -0.3 is 10.1 Å². The van der Waals surface area contributed by atoms with E-state index in [4.69, 9.17) is 17.0 Å². The first-order valence-corrected chi connectivity index (χ1v) is 5.55. The van der Waals surface area contributed by atoms with Crippen molar-refractivity contribution in [1.29, 1.82) is 0 Å². The van der Waals surface area contributed by atoms with Crippen molar-refractivity contribution in [3.8, 4) is 0 Å². The number of carbonyl (C=O) groups is 1. The van der Waals surface area contributed by atoms with Crippen molar-refractivity contribution in [2.24, 2.45) is 0 Å². The summed E-state index contributed by atoms with van der Waals surface area (Å²) in [6, 6.07) is 0. The van der Waals surface area contributed by atoms with Gasteiger partial charge in [-0.3, -0.25) is 5.32 Å². The molecule has 0 aromatic carbocycles. The molecule has 0 spiro atoms. The first-order chi connectivity index (χ1) is 7.08. The minimum absolute atomic E-state index is 0.173. The number of thiocarbonyl (C=S) groups is 1. The Balaban J connectivity index is 2.33. The van der Waals surface area contributed by atoms with Gasteiger partial charge in [0.2, 0.25) is 0 Å². The van der Waals surface area contributed by atoms with Crippen molar-refractivity contribution in [2.45, 2.75) is 20.0 Å². The molecule has 82 valence electrons. The van der Waals surface area contributed by atoms with Crippen molar-refractivity contribution >= 4 is 39.9 Å². The highest BCUT2D eigenvalue weighted by molar-refractivity contribution is 7.80. The molecule has 2 N–H and O–H groups in total. The number of hydrogen-bond donors (Lipinski definition) is 2. The Bertz CT molecular complexity index is 338. The van der Waals surface area contributed by atoms with Crippen LogP contribution in [0.3, 0.4) is 0 Å². The number of nitrogens with one attached hydrogen (secondary N) is 2. The monoisotopic (exact) mass is 245 g/mol. The van der Waals surface area contributed by atoms with Crippen LogP contribution in [0.15, 0.2) is 11.6 Å². The zero-order chi connectivity index (χ0) is 11.3. The zero-order valence-electron chi connectivity index (χ0n) is 8.31. The molecule has 0 saturated carbocycles. The van der Waals surface area contributed by atoms with Gasteiger partial charge in [0.05, 0.1) is 6.10 Å². The van der Waals surface area contributed by atoms with Crippen LogP contribution in [0, 0.1) is 0 Å². The molecule has 1 heterocycles. The molecule has 1 rings (SSSR count). The van der Waals surface area contributed by atoms with Crippen LogP contribution < -0.4 is 10.6 Å². The van der Waals surface area contributed by atoms with Crippen molar-refractivity contribution in [1.82, 2.24) is 10.3 Å². The van der Waals surface area contributed by atoms with E-state index in [0.717, 1.165) is 0 Å². The van der Waals surface area contributed by atoms with Gasteiger partial charge in [0, 0.05) is 11.6 Å². The smallest absolute Gasteiger partial charge is 0.413 e. The largest absolute Gasteiger partial charge is 0.447 e. The number of thiazole rings is 1. The summed E-state index contributed by atoms with van der Waals surface area (Å²) in [5.74, 6) is 0. The van der Waals surface area contributed by atoms with E-state index in [1.807, 2.05) is 0 Å². The lowest BCUT2D eigenvalue weighted by molar-refractivity contribution is 0.120. The van der Waals surface area contributed by atoms with Crippen LogP contribution in [-0.2, 0) is 4.74 Å². The van der Waals surface area contributed by atoms with Crippen molar-refractivity contribution in [3.05, 3.63) is 11.6 Å². The third kappa shape index (κ3) is 4.71. The molecule has 5 nitrogen and oxygen atoms in total. The summed E-state index contributed by atoms with van der Waals surface area (Å²) in [4.78, 5) is 15.1. The van der Waals surface area contributed by atoms with E-state index in [9.17, 15) is 4.79 Å². The molecular weight excluding hydrogens is 234 g/mol. The minimum Gasteiger partial charge on any atom is -0.447 e. The molecule has 1 aromatic heterocycles. The molecule has 1 amide bonds. The molecule has 15 heavy (non-hydrogen) atoms. The van der Waals surface area contributed by atoms with Crippen molar-refractivity contribution in [2.75, 3.05) is 5.32 Å². The van der Waals surface area contributed by atoms with E-state index in [-0.39, 0.29) is 11.2 Å². The van der Waals surface area contributed by atoms with Gasteiger partial charge in [0.25, 0.3) is 0 Å². The van der Waals surface area contributed by atoms with Gasteiger partial charge in [-0.25, -0.2) is 9.78 Å². The van der Waals surface area contributed by atoms with Crippen LogP contribution in [-0.4, -0.2) is 22.3 Å². The summed E-state index contributed by atoms with van der Waals surface area (Å²) in [6.07, 6.45) is 0.897. The molecule has 0 aliphatic carbocycles. The van der Waals surface area contributed by atoms with E-state index in [1.54, 1.807) is 25.4 Å². The van der Waals surface area contributed by atoms with Gasteiger partial charge in [0.15, 0.2) is 10.2 Å². The maximum Gasteiger partial charge on any atom is 0.413 e. The van der Waals surface area contributed by atoms with Crippen LogP contribution in [0.5, 0.6) is 0 Å². The number of amides is 1. The van der Waals surface area contributed by atoms with E-state index in [0.29, 0.717) is 5.13 Å². The second kappa shape index (κ2) is 5.62. The van der Waals surface area contributed by atoms with E-state index in [1.165, 1.54) is 11.3 Å². The number of alkyl carbamates (subject to hydrolysis) is 1. The van der Waals surface area contributed by atoms with Gasteiger partial charge in [0.1, 0.15) is 0 Å². The number of carbonyl (C=O) groups excluding carboxylic acids is 1. The molecule has 0 radical (unpaired) electrons. The first kappa shape index (κ1) is 11.9. The van der Waals surface area contributed by atoms with Gasteiger partial charge in [-0.2, -0.15) is 0 Å². The fraction of sp³-hybridized carbons (Fsp3) is 0.375. The van der Waals surface area contributed by atoms with Crippen LogP contribution in [0.4, 0.5) is 9.93 Å². The average Bonchev–Trinajstić information content (AvgIpc) is 2.53. The second-order valence-corrected chi connectivity index (χ2v) is 4.17. The number of aromatic nitrogens is 1. The number of ether oxygens (including phenoxy) is 1. The molecular formula is C8H11N3O2S2. The lowest BCUT2D eigenvalue weighted by Gasteiger charge is -2.10. The third-order valence-electron chi connectivity index (χ3n) is 1.21. The fourth-order valence-corrected chi connectivity index (χ4v) is 1.53. The highest BCUT2D eigenvalue weighted by Crippen LogP contribution is 2.09. The molecule has 0 atom stereocenters. The number of rotatable bonds is 2. The zero-order valence-corrected chi connectivity index (χ0v) is 9.95. The maximum absolute atomic E-state index is 11.1. The normalized spacial score (nSPS) is 9.80. The molecule has 0 aliphatic heterocycles. The topological polar surface area (TPSA) is 63.2 Å². The summed E-state index contributed by atoms with van der Waals surface area (Å²) in [7, 11) is 0. The Morgan fingerprint density at radius 3 is 2.93 bits per heavy atom. The second-order valence-electron chi connectivity index (χ2n) is 2.87. The quantitative estimate of drug-likeness (QED) is 0.780. The molecule has 1 aromatic rings. The van der Waals surface area contributed by atoms with Gasteiger partial charge >= 0.3 is 6.09 Å². The predicted molar refractivity (Wildman–Crippen MR) is 63.1 cm³/mol. The Kier molecular flexibility index (Phi) is 4.44.